The molecule has 12 rings (SSSR count). The van der Waals surface area contributed by atoms with Crippen LogP contribution in [0.4, 0.5) is 0 Å². The molecule has 0 aliphatic rings. The molecule has 5 nitrogen and oxygen atoms in total. The molecule has 0 fully saturated rings. The van der Waals surface area contributed by atoms with Crippen molar-refractivity contribution in [1.29, 1.82) is 0 Å². The van der Waals surface area contributed by atoms with Crippen molar-refractivity contribution in [2.75, 3.05) is 0 Å². The highest BCUT2D eigenvalue weighted by Crippen LogP contribution is 2.42. The molecule has 5 heteroatoms. The van der Waals surface area contributed by atoms with Crippen molar-refractivity contribution in [3.63, 3.8) is 0 Å². The second-order valence-electron chi connectivity index (χ2n) is 15.6. The zero-order valence-electron chi connectivity index (χ0n) is 33.5. The quantitative estimate of drug-likeness (QED) is 0.161. The van der Waals surface area contributed by atoms with Crippen LogP contribution in [0.3, 0.4) is 0 Å². The minimum absolute atomic E-state index is 0.651. The van der Waals surface area contributed by atoms with Crippen LogP contribution in [-0.4, -0.2) is 19.6 Å². The van der Waals surface area contributed by atoms with Gasteiger partial charge >= 0.3 is 0 Å². The Kier molecular flexibility index (Phi) is 8.42. The maximum Gasteiger partial charge on any atom is 0.160 e. The van der Waals surface area contributed by atoms with Gasteiger partial charge in [0.15, 0.2) is 5.82 Å². The molecular weight excluding hydrogens is 757 g/mol. The third-order valence-corrected chi connectivity index (χ3v) is 11.8. The first-order valence-corrected chi connectivity index (χ1v) is 20.9. The molecule has 0 radical (unpaired) electrons. The lowest BCUT2D eigenvalue weighted by Crippen LogP contribution is -1.97. The van der Waals surface area contributed by atoms with Crippen LogP contribution in [0.15, 0.2) is 223 Å². The van der Waals surface area contributed by atoms with E-state index in [-0.39, 0.29) is 0 Å². The molecule has 4 aromatic heterocycles. The summed E-state index contributed by atoms with van der Waals surface area (Å²) in [7, 11) is 0. The van der Waals surface area contributed by atoms with Crippen LogP contribution >= 0.6 is 0 Å². The number of nitrogens with zero attached hydrogens (tertiary/aromatic N) is 4. The average Bonchev–Trinajstić information content (AvgIpc) is 3.95. The van der Waals surface area contributed by atoms with E-state index in [4.69, 9.17) is 19.5 Å². The van der Waals surface area contributed by atoms with Crippen LogP contribution in [0, 0.1) is 0 Å². The van der Waals surface area contributed by atoms with E-state index in [1.165, 1.54) is 0 Å². The summed E-state index contributed by atoms with van der Waals surface area (Å²) in [5.41, 5.74) is 15.9. The van der Waals surface area contributed by atoms with Gasteiger partial charge in [-0.05, 0) is 40.8 Å². The van der Waals surface area contributed by atoms with Gasteiger partial charge in [0, 0.05) is 55.1 Å². The summed E-state index contributed by atoms with van der Waals surface area (Å²) < 4.78 is 8.57. The number of furan rings is 1. The van der Waals surface area contributed by atoms with Crippen molar-refractivity contribution in [1.82, 2.24) is 19.6 Å². The zero-order valence-corrected chi connectivity index (χ0v) is 33.5. The van der Waals surface area contributed by atoms with E-state index >= 15 is 0 Å². The largest absolute Gasteiger partial charge is 0.455 e. The first kappa shape index (κ1) is 35.5. The molecule has 0 atom stereocenters. The van der Waals surface area contributed by atoms with Crippen molar-refractivity contribution in [2.24, 2.45) is 0 Å². The Labute approximate surface area is 357 Å². The smallest absolute Gasteiger partial charge is 0.160 e. The van der Waals surface area contributed by atoms with Crippen LogP contribution in [0.5, 0.6) is 0 Å². The van der Waals surface area contributed by atoms with E-state index in [2.05, 4.69) is 187 Å². The highest BCUT2D eigenvalue weighted by Gasteiger charge is 2.22. The van der Waals surface area contributed by atoms with Crippen LogP contribution in [0.2, 0.25) is 0 Å². The molecule has 0 bridgehead atoms. The number of para-hydroxylation sites is 2. The number of rotatable bonds is 7. The molecule has 290 valence electrons. The summed E-state index contributed by atoms with van der Waals surface area (Å²) in [6.45, 7) is 0. The SMILES string of the molecule is c1ccc(-c2cc(-c3cccc(-c4cccc5c4oc4ccccc45)c3)nc(-c3ccc(-c4cc5ccccc5c5c(-c6ccccc6)c(-c6ccccc6)nn45)cc3)n2)cc1. The lowest BCUT2D eigenvalue weighted by Gasteiger charge is -2.12. The zero-order chi connectivity index (χ0) is 41.0. The molecular formula is C57H36N4O. The second-order valence-corrected chi connectivity index (χ2v) is 15.6. The van der Waals surface area contributed by atoms with E-state index in [1.54, 1.807) is 0 Å². The van der Waals surface area contributed by atoms with Crippen LogP contribution in [-0.2, 0) is 0 Å². The van der Waals surface area contributed by atoms with Crippen LogP contribution in [0.25, 0.3) is 117 Å². The number of hydrogen-bond acceptors (Lipinski definition) is 4. The van der Waals surface area contributed by atoms with Gasteiger partial charge in [-0.25, -0.2) is 14.5 Å². The maximum absolute atomic E-state index is 6.44. The predicted octanol–water partition coefficient (Wildman–Crippen LogP) is 14.8. The first-order valence-electron chi connectivity index (χ1n) is 20.9. The highest BCUT2D eigenvalue weighted by molar-refractivity contribution is 6.10. The van der Waals surface area contributed by atoms with Gasteiger partial charge in [0.2, 0.25) is 0 Å². The summed E-state index contributed by atoms with van der Waals surface area (Å²) in [5, 5.41) is 9.92. The van der Waals surface area contributed by atoms with Gasteiger partial charge in [-0.2, -0.15) is 5.10 Å². The summed E-state index contributed by atoms with van der Waals surface area (Å²) in [5.74, 6) is 0.651. The van der Waals surface area contributed by atoms with E-state index in [1.807, 2.05) is 36.4 Å². The lowest BCUT2D eigenvalue weighted by molar-refractivity contribution is 0.670. The Morgan fingerprint density at radius 1 is 0.387 bits per heavy atom. The minimum atomic E-state index is 0.651. The van der Waals surface area contributed by atoms with Gasteiger partial charge in [-0.15, -0.1) is 0 Å². The molecule has 0 aliphatic carbocycles. The van der Waals surface area contributed by atoms with Gasteiger partial charge in [0.1, 0.15) is 16.9 Å². The first-order chi connectivity index (χ1) is 30.7. The van der Waals surface area contributed by atoms with Crippen LogP contribution in [0.1, 0.15) is 0 Å². The lowest BCUT2D eigenvalue weighted by atomic mass is 9.97. The fraction of sp³-hybridized carbons (Fsp3) is 0. The average molecular weight is 793 g/mol. The van der Waals surface area contributed by atoms with Crippen molar-refractivity contribution in [3.05, 3.63) is 218 Å². The fourth-order valence-electron chi connectivity index (χ4n) is 8.86. The van der Waals surface area contributed by atoms with Gasteiger partial charge in [0.25, 0.3) is 0 Å². The molecule has 0 aliphatic heterocycles. The summed E-state index contributed by atoms with van der Waals surface area (Å²) >= 11 is 0. The Morgan fingerprint density at radius 2 is 0.968 bits per heavy atom. The normalized spacial score (nSPS) is 11.5. The summed E-state index contributed by atoms with van der Waals surface area (Å²) in [4.78, 5) is 10.4. The molecule has 0 unspecified atom stereocenters. The number of hydrogen-bond donors (Lipinski definition) is 0. The standard InChI is InChI=1S/C57H36N4O/c1-4-16-37(17-5-1)49-36-50(44-24-14-23-42(34-44)46-27-15-28-48-47-26-12-13-29-52(47)62-56(46)48)59-57(58-49)41-32-30-38(31-33-41)51-35-43-22-10-11-25-45(43)55-53(39-18-6-2-7-19-39)54(60-61(51)55)40-20-8-3-9-21-40/h1-36H. The Balaban J connectivity index is 0.992. The van der Waals surface area contributed by atoms with Crippen molar-refractivity contribution < 1.29 is 4.42 Å². The van der Waals surface area contributed by atoms with Gasteiger partial charge < -0.3 is 4.42 Å². The topological polar surface area (TPSA) is 56.2 Å². The minimum Gasteiger partial charge on any atom is -0.455 e. The van der Waals surface area contributed by atoms with Crippen molar-refractivity contribution >= 4 is 38.2 Å². The Morgan fingerprint density at radius 3 is 1.74 bits per heavy atom. The van der Waals surface area contributed by atoms with E-state index in [0.29, 0.717) is 5.82 Å². The van der Waals surface area contributed by atoms with E-state index < -0.39 is 0 Å². The predicted molar refractivity (Wildman–Crippen MR) is 254 cm³/mol. The number of pyridine rings is 1. The molecule has 12 aromatic rings. The van der Waals surface area contributed by atoms with E-state index in [0.717, 1.165) is 111 Å². The molecule has 0 N–H and O–H groups in total. The molecule has 8 aromatic carbocycles. The van der Waals surface area contributed by atoms with Gasteiger partial charge in [-0.3, -0.25) is 0 Å². The second kappa shape index (κ2) is 14.7. The molecule has 4 heterocycles. The summed E-state index contributed by atoms with van der Waals surface area (Å²) in [6.07, 6.45) is 0. The Bertz CT molecular complexity index is 3610. The molecule has 62 heavy (non-hydrogen) atoms. The van der Waals surface area contributed by atoms with Crippen molar-refractivity contribution in [2.45, 2.75) is 0 Å². The molecule has 0 amide bonds. The maximum atomic E-state index is 6.44. The van der Waals surface area contributed by atoms with Gasteiger partial charge in [0.05, 0.1) is 22.6 Å². The molecule has 0 saturated carbocycles. The van der Waals surface area contributed by atoms with Gasteiger partial charge in [-0.1, -0.05) is 194 Å². The highest BCUT2D eigenvalue weighted by atomic mass is 16.3. The third kappa shape index (κ3) is 6.06. The van der Waals surface area contributed by atoms with Crippen molar-refractivity contribution in [3.8, 4) is 78.7 Å². The third-order valence-electron chi connectivity index (χ3n) is 11.8. The van der Waals surface area contributed by atoms with E-state index in [9.17, 15) is 0 Å². The number of benzene rings is 8. The monoisotopic (exact) mass is 792 g/mol. The number of aromatic nitrogens is 4. The number of fused-ring (bicyclic) bond motifs is 6. The Hall–Kier alpha value is -8.41. The fourth-order valence-corrected chi connectivity index (χ4v) is 8.86. The van der Waals surface area contributed by atoms with Crippen LogP contribution < -0.4 is 0 Å². The summed E-state index contributed by atoms with van der Waals surface area (Å²) in [6, 6.07) is 76.0. The molecule has 0 saturated heterocycles. The molecule has 0 spiro atoms.